The van der Waals surface area contributed by atoms with Gasteiger partial charge in [0.2, 0.25) is 0 Å². The minimum Gasteiger partial charge on any atom is -0.393 e. The number of aliphatic hydroxyl groups excluding tert-OH is 1. The molecule has 0 radical (unpaired) electrons. The molecule has 0 aromatic carbocycles. The summed E-state index contributed by atoms with van der Waals surface area (Å²) in [6.07, 6.45) is 7.38. The van der Waals surface area contributed by atoms with Crippen LogP contribution in [-0.2, 0) is 4.74 Å². The van der Waals surface area contributed by atoms with E-state index in [1.165, 1.54) is 25.7 Å². The van der Waals surface area contributed by atoms with E-state index in [-0.39, 0.29) is 6.10 Å². The Morgan fingerprint density at radius 1 is 1.42 bits per heavy atom. The Morgan fingerprint density at radius 3 is 2.67 bits per heavy atom. The van der Waals surface area contributed by atoms with Crippen molar-refractivity contribution in [3.8, 4) is 0 Å². The summed E-state index contributed by atoms with van der Waals surface area (Å²) < 4.78 is 5.64. The fourth-order valence-corrected chi connectivity index (χ4v) is 1.68. The Hall–Kier alpha value is -0.0800. The summed E-state index contributed by atoms with van der Waals surface area (Å²) in [4.78, 5) is 0. The van der Waals surface area contributed by atoms with Gasteiger partial charge in [-0.15, -0.1) is 0 Å². The molecule has 2 heteroatoms. The van der Waals surface area contributed by atoms with Crippen LogP contribution in [0.1, 0.15) is 45.4 Å². The second-order valence-corrected chi connectivity index (χ2v) is 3.77. The summed E-state index contributed by atoms with van der Waals surface area (Å²) in [5.74, 6) is 0. The minimum absolute atomic E-state index is 0.169. The molecule has 0 amide bonds. The van der Waals surface area contributed by atoms with Gasteiger partial charge in [-0.25, -0.2) is 0 Å². The lowest BCUT2D eigenvalue weighted by Crippen LogP contribution is -2.10. The SMILES string of the molecule is CC(O)CCCOC1CCCC1. The van der Waals surface area contributed by atoms with Crippen molar-refractivity contribution >= 4 is 0 Å². The third-order valence-corrected chi connectivity index (χ3v) is 2.42. The molecule has 0 aromatic rings. The van der Waals surface area contributed by atoms with E-state index in [2.05, 4.69) is 0 Å². The Balaban J connectivity index is 1.88. The average molecular weight is 172 g/mol. The highest BCUT2D eigenvalue weighted by molar-refractivity contribution is 4.66. The zero-order chi connectivity index (χ0) is 8.81. The standard InChI is InChI=1S/C10H20O2/c1-9(11)5-4-8-12-10-6-2-3-7-10/h9-11H,2-8H2,1H3. The summed E-state index contributed by atoms with van der Waals surface area (Å²) in [7, 11) is 0. The molecule has 72 valence electrons. The van der Waals surface area contributed by atoms with Crippen molar-refractivity contribution in [1.29, 1.82) is 0 Å². The van der Waals surface area contributed by atoms with Crippen LogP contribution < -0.4 is 0 Å². The fraction of sp³-hybridized carbons (Fsp3) is 1.00. The molecule has 0 spiro atoms. The van der Waals surface area contributed by atoms with E-state index in [0.29, 0.717) is 6.10 Å². The molecule has 0 saturated heterocycles. The first-order valence-corrected chi connectivity index (χ1v) is 5.08. The molecule has 1 fully saturated rings. The van der Waals surface area contributed by atoms with Crippen molar-refractivity contribution in [2.75, 3.05) is 6.61 Å². The van der Waals surface area contributed by atoms with Crippen molar-refractivity contribution in [2.24, 2.45) is 0 Å². The summed E-state index contributed by atoms with van der Waals surface area (Å²) in [5.41, 5.74) is 0. The monoisotopic (exact) mass is 172 g/mol. The molecule has 1 N–H and O–H groups in total. The van der Waals surface area contributed by atoms with Crippen LogP contribution in [0.4, 0.5) is 0 Å². The van der Waals surface area contributed by atoms with Gasteiger partial charge in [0.15, 0.2) is 0 Å². The van der Waals surface area contributed by atoms with Crippen LogP contribution in [0.3, 0.4) is 0 Å². The average Bonchev–Trinajstić information content (AvgIpc) is 2.49. The Morgan fingerprint density at radius 2 is 2.08 bits per heavy atom. The molecule has 0 heterocycles. The Bertz CT molecular complexity index is 106. The molecule has 2 nitrogen and oxygen atoms in total. The number of hydrogen-bond donors (Lipinski definition) is 1. The molecule has 0 aliphatic heterocycles. The summed E-state index contributed by atoms with van der Waals surface area (Å²) in [6, 6.07) is 0. The van der Waals surface area contributed by atoms with Gasteiger partial charge in [-0.3, -0.25) is 0 Å². The summed E-state index contributed by atoms with van der Waals surface area (Å²) in [6.45, 7) is 2.66. The van der Waals surface area contributed by atoms with Gasteiger partial charge in [0, 0.05) is 6.61 Å². The number of rotatable bonds is 5. The maximum absolute atomic E-state index is 8.99. The quantitative estimate of drug-likeness (QED) is 0.643. The Kier molecular flexibility index (Phi) is 4.62. The first-order valence-electron chi connectivity index (χ1n) is 5.08. The van der Waals surface area contributed by atoms with Crippen molar-refractivity contribution < 1.29 is 9.84 Å². The maximum atomic E-state index is 8.99. The van der Waals surface area contributed by atoms with Crippen LogP contribution in [-0.4, -0.2) is 23.9 Å². The van der Waals surface area contributed by atoms with Gasteiger partial charge >= 0.3 is 0 Å². The van der Waals surface area contributed by atoms with Crippen molar-refractivity contribution in [2.45, 2.75) is 57.7 Å². The largest absolute Gasteiger partial charge is 0.393 e. The zero-order valence-electron chi connectivity index (χ0n) is 7.96. The molecule has 0 aromatic heterocycles. The first kappa shape index (κ1) is 10.0. The molecular weight excluding hydrogens is 152 g/mol. The topological polar surface area (TPSA) is 29.5 Å². The minimum atomic E-state index is -0.169. The van der Waals surface area contributed by atoms with E-state index in [4.69, 9.17) is 9.84 Å². The van der Waals surface area contributed by atoms with E-state index in [0.717, 1.165) is 19.4 Å². The lowest BCUT2D eigenvalue weighted by atomic mass is 10.2. The predicted molar refractivity (Wildman–Crippen MR) is 49.1 cm³/mol. The van der Waals surface area contributed by atoms with Gasteiger partial charge in [-0.05, 0) is 32.6 Å². The van der Waals surface area contributed by atoms with Gasteiger partial charge < -0.3 is 9.84 Å². The van der Waals surface area contributed by atoms with Crippen molar-refractivity contribution in [1.82, 2.24) is 0 Å². The molecule has 1 unspecified atom stereocenters. The van der Waals surface area contributed by atoms with Gasteiger partial charge in [-0.1, -0.05) is 12.8 Å². The summed E-state index contributed by atoms with van der Waals surface area (Å²) in [5, 5.41) is 8.99. The molecule has 1 saturated carbocycles. The van der Waals surface area contributed by atoms with Crippen LogP contribution in [0, 0.1) is 0 Å². The molecule has 1 aliphatic rings. The first-order chi connectivity index (χ1) is 5.79. The van der Waals surface area contributed by atoms with Crippen LogP contribution >= 0.6 is 0 Å². The molecule has 12 heavy (non-hydrogen) atoms. The van der Waals surface area contributed by atoms with Crippen LogP contribution in [0.2, 0.25) is 0 Å². The third-order valence-electron chi connectivity index (χ3n) is 2.42. The molecular formula is C10H20O2. The van der Waals surface area contributed by atoms with E-state index < -0.39 is 0 Å². The highest BCUT2D eigenvalue weighted by atomic mass is 16.5. The van der Waals surface area contributed by atoms with Crippen LogP contribution in [0.15, 0.2) is 0 Å². The molecule has 1 atom stereocenters. The van der Waals surface area contributed by atoms with E-state index >= 15 is 0 Å². The number of ether oxygens (including phenoxy) is 1. The smallest absolute Gasteiger partial charge is 0.0575 e. The van der Waals surface area contributed by atoms with Gasteiger partial charge in [0.1, 0.15) is 0 Å². The summed E-state index contributed by atoms with van der Waals surface area (Å²) >= 11 is 0. The maximum Gasteiger partial charge on any atom is 0.0575 e. The molecule has 1 rings (SSSR count). The van der Waals surface area contributed by atoms with E-state index in [9.17, 15) is 0 Å². The normalized spacial score (nSPS) is 21.5. The zero-order valence-corrected chi connectivity index (χ0v) is 7.96. The van der Waals surface area contributed by atoms with Gasteiger partial charge in [-0.2, -0.15) is 0 Å². The van der Waals surface area contributed by atoms with E-state index in [1.807, 2.05) is 6.92 Å². The fourth-order valence-electron chi connectivity index (χ4n) is 1.68. The van der Waals surface area contributed by atoms with E-state index in [1.54, 1.807) is 0 Å². The van der Waals surface area contributed by atoms with Crippen molar-refractivity contribution in [3.05, 3.63) is 0 Å². The number of aliphatic hydroxyl groups is 1. The lowest BCUT2D eigenvalue weighted by molar-refractivity contribution is 0.0492. The highest BCUT2D eigenvalue weighted by Crippen LogP contribution is 2.20. The van der Waals surface area contributed by atoms with Gasteiger partial charge in [0.25, 0.3) is 0 Å². The number of hydrogen-bond acceptors (Lipinski definition) is 2. The van der Waals surface area contributed by atoms with Gasteiger partial charge in [0.05, 0.1) is 12.2 Å². The second kappa shape index (κ2) is 5.55. The second-order valence-electron chi connectivity index (χ2n) is 3.77. The molecule has 1 aliphatic carbocycles. The van der Waals surface area contributed by atoms with Crippen LogP contribution in [0.25, 0.3) is 0 Å². The van der Waals surface area contributed by atoms with Crippen molar-refractivity contribution in [3.63, 3.8) is 0 Å². The highest BCUT2D eigenvalue weighted by Gasteiger charge is 2.14. The molecule has 0 bridgehead atoms. The predicted octanol–water partition coefficient (Wildman–Crippen LogP) is 2.11. The van der Waals surface area contributed by atoms with Crippen LogP contribution in [0.5, 0.6) is 0 Å². The lowest BCUT2D eigenvalue weighted by Gasteiger charge is -2.11. The third kappa shape index (κ3) is 4.07. The Labute approximate surface area is 74.9 Å².